The Morgan fingerprint density at radius 1 is 1.36 bits per heavy atom. The number of rotatable bonds is 3. The van der Waals surface area contributed by atoms with E-state index in [2.05, 4.69) is 5.32 Å². The number of carboxylic acids is 1. The van der Waals surface area contributed by atoms with Crippen LogP contribution in [0.4, 0.5) is 10.5 Å². The predicted octanol–water partition coefficient (Wildman–Crippen LogP) is 2.41. The highest BCUT2D eigenvalue weighted by Gasteiger charge is 2.55. The van der Waals surface area contributed by atoms with Crippen LogP contribution in [0.15, 0.2) is 24.3 Å². The minimum atomic E-state index is -0.769. The highest BCUT2D eigenvalue weighted by Crippen LogP contribution is 2.48. The number of aliphatic carboxylic acids is 1. The first-order valence-corrected chi connectivity index (χ1v) is 7.48. The van der Waals surface area contributed by atoms with Crippen molar-refractivity contribution < 1.29 is 19.4 Å². The van der Waals surface area contributed by atoms with Gasteiger partial charge in [-0.15, -0.1) is 0 Å². The van der Waals surface area contributed by atoms with Crippen molar-refractivity contribution in [3.63, 3.8) is 0 Å². The zero-order valence-electron chi connectivity index (χ0n) is 12.5. The Morgan fingerprint density at radius 2 is 2.09 bits per heavy atom. The smallest absolute Gasteiger partial charge is 0.321 e. The number of benzene rings is 1. The van der Waals surface area contributed by atoms with Crippen LogP contribution in [0.1, 0.15) is 19.3 Å². The minimum absolute atomic E-state index is 0.0756. The van der Waals surface area contributed by atoms with Crippen LogP contribution in [0.3, 0.4) is 0 Å². The molecule has 1 saturated carbocycles. The molecule has 1 aliphatic carbocycles. The first kappa shape index (κ1) is 14.7. The standard InChI is InChI=1S/C16H20N2O4/c1-22-13-6-4-12(5-7-13)17-15(21)18-9-11-3-2-8-16(11,10-18)14(19)20/h4-7,11H,2-3,8-10H2,1H3,(H,17,21)(H,19,20)/t11-,16+/m0/s1. The summed E-state index contributed by atoms with van der Waals surface area (Å²) >= 11 is 0. The predicted molar refractivity (Wildman–Crippen MR) is 81.0 cm³/mol. The number of hydrogen-bond donors (Lipinski definition) is 2. The molecule has 2 aliphatic rings. The van der Waals surface area contributed by atoms with Crippen molar-refractivity contribution in [3.8, 4) is 5.75 Å². The van der Waals surface area contributed by atoms with Crippen LogP contribution < -0.4 is 10.1 Å². The van der Waals surface area contributed by atoms with Gasteiger partial charge in [0.25, 0.3) is 0 Å². The summed E-state index contributed by atoms with van der Waals surface area (Å²) in [6.45, 7) is 0.823. The summed E-state index contributed by atoms with van der Waals surface area (Å²) in [4.78, 5) is 25.6. The molecule has 2 N–H and O–H groups in total. The zero-order chi connectivity index (χ0) is 15.7. The number of hydrogen-bond acceptors (Lipinski definition) is 3. The molecule has 0 bridgehead atoms. The van der Waals surface area contributed by atoms with Crippen molar-refractivity contribution in [1.82, 2.24) is 4.90 Å². The van der Waals surface area contributed by atoms with E-state index in [1.807, 2.05) is 0 Å². The maximum atomic E-state index is 12.4. The van der Waals surface area contributed by atoms with Crippen molar-refractivity contribution in [2.45, 2.75) is 19.3 Å². The molecule has 0 unspecified atom stereocenters. The van der Waals surface area contributed by atoms with Gasteiger partial charge in [0.2, 0.25) is 0 Å². The summed E-state index contributed by atoms with van der Waals surface area (Å²) in [6, 6.07) is 6.83. The number of anilines is 1. The third-order valence-electron chi connectivity index (χ3n) is 4.93. The van der Waals surface area contributed by atoms with Crippen molar-refractivity contribution in [3.05, 3.63) is 24.3 Å². The maximum absolute atomic E-state index is 12.4. The van der Waals surface area contributed by atoms with Crippen LogP contribution >= 0.6 is 0 Å². The number of urea groups is 1. The normalized spacial score (nSPS) is 26.6. The van der Waals surface area contributed by atoms with Gasteiger partial charge in [0.15, 0.2) is 0 Å². The molecule has 0 spiro atoms. The van der Waals surface area contributed by atoms with Crippen LogP contribution in [0.25, 0.3) is 0 Å². The Hall–Kier alpha value is -2.24. The fourth-order valence-electron chi connectivity index (χ4n) is 3.67. The molecule has 118 valence electrons. The average Bonchev–Trinajstić information content (AvgIpc) is 3.06. The first-order valence-electron chi connectivity index (χ1n) is 7.48. The minimum Gasteiger partial charge on any atom is -0.497 e. The number of ether oxygens (including phenoxy) is 1. The molecule has 0 radical (unpaired) electrons. The van der Waals surface area contributed by atoms with Crippen molar-refractivity contribution >= 4 is 17.7 Å². The number of amides is 2. The monoisotopic (exact) mass is 304 g/mol. The fourth-order valence-corrected chi connectivity index (χ4v) is 3.67. The Morgan fingerprint density at radius 3 is 2.68 bits per heavy atom. The lowest BCUT2D eigenvalue weighted by Gasteiger charge is -2.23. The van der Waals surface area contributed by atoms with Crippen molar-refractivity contribution in [2.75, 3.05) is 25.5 Å². The Labute approximate surface area is 129 Å². The third kappa shape index (κ3) is 2.38. The molecular weight excluding hydrogens is 284 g/mol. The molecule has 6 heteroatoms. The molecule has 2 fully saturated rings. The van der Waals surface area contributed by atoms with Gasteiger partial charge in [0, 0.05) is 18.8 Å². The number of methoxy groups -OCH3 is 1. The number of nitrogens with one attached hydrogen (secondary N) is 1. The third-order valence-corrected chi connectivity index (χ3v) is 4.93. The SMILES string of the molecule is COc1ccc(NC(=O)N2C[C@@H]3CCC[C@@]3(C(=O)O)C2)cc1. The van der Waals surface area contributed by atoms with Crippen LogP contribution in [-0.2, 0) is 4.79 Å². The first-order chi connectivity index (χ1) is 10.5. The lowest BCUT2D eigenvalue weighted by Crippen LogP contribution is -2.38. The van der Waals surface area contributed by atoms with E-state index in [0.29, 0.717) is 25.2 Å². The van der Waals surface area contributed by atoms with Crippen molar-refractivity contribution in [2.24, 2.45) is 11.3 Å². The summed E-state index contributed by atoms with van der Waals surface area (Å²) in [5, 5.41) is 12.4. The highest BCUT2D eigenvalue weighted by atomic mass is 16.5. The van der Waals surface area contributed by atoms with Gasteiger partial charge in [-0.05, 0) is 43.0 Å². The van der Waals surface area contributed by atoms with Gasteiger partial charge in [-0.3, -0.25) is 4.79 Å². The summed E-state index contributed by atoms with van der Waals surface area (Å²) in [5.74, 6) is 0.0277. The molecule has 1 heterocycles. The van der Waals surface area contributed by atoms with E-state index < -0.39 is 11.4 Å². The van der Waals surface area contributed by atoms with E-state index in [9.17, 15) is 14.7 Å². The molecule has 1 saturated heterocycles. The van der Waals surface area contributed by atoms with Gasteiger partial charge >= 0.3 is 12.0 Å². The molecule has 2 atom stereocenters. The molecule has 1 aromatic rings. The van der Waals surface area contributed by atoms with Gasteiger partial charge < -0.3 is 20.1 Å². The number of nitrogens with zero attached hydrogens (tertiary/aromatic N) is 1. The molecule has 6 nitrogen and oxygen atoms in total. The number of carbonyl (C=O) groups is 2. The topological polar surface area (TPSA) is 78.9 Å². The summed E-state index contributed by atoms with van der Waals surface area (Å²) in [7, 11) is 1.59. The summed E-state index contributed by atoms with van der Waals surface area (Å²) in [6.07, 6.45) is 2.49. The number of likely N-dealkylation sites (tertiary alicyclic amines) is 1. The van der Waals surface area contributed by atoms with E-state index in [0.717, 1.165) is 18.6 Å². The van der Waals surface area contributed by atoms with Gasteiger partial charge in [0.1, 0.15) is 5.75 Å². The quantitative estimate of drug-likeness (QED) is 0.899. The second kappa shape index (κ2) is 5.51. The lowest BCUT2D eigenvalue weighted by molar-refractivity contribution is -0.149. The number of carboxylic acid groups (broad SMARTS) is 1. The van der Waals surface area contributed by atoms with E-state index >= 15 is 0 Å². The van der Waals surface area contributed by atoms with Crippen LogP contribution in [-0.4, -0.2) is 42.2 Å². The molecule has 1 aliphatic heterocycles. The summed E-state index contributed by atoms with van der Waals surface area (Å²) in [5.41, 5.74) is -0.0655. The second-order valence-corrected chi connectivity index (χ2v) is 6.09. The lowest BCUT2D eigenvalue weighted by atomic mass is 9.81. The van der Waals surface area contributed by atoms with Gasteiger partial charge in [-0.2, -0.15) is 0 Å². The van der Waals surface area contributed by atoms with Gasteiger partial charge in [-0.1, -0.05) is 6.42 Å². The molecular formula is C16H20N2O4. The van der Waals surface area contributed by atoms with E-state index in [1.165, 1.54) is 0 Å². The second-order valence-electron chi connectivity index (χ2n) is 6.09. The molecule has 2 amide bonds. The van der Waals surface area contributed by atoms with E-state index in [1.54, 1.807) is 36.3 Å². The van der Waals surface area contributed by atoms with Crippen LogP contribution in [0.5, 0.6) is 5.75 Å². The number of fused-ring (bicyclic) bond motifs is 1. The maximum Gasteiger partial charge on any atom is 0.321 e. The van der Waals surface area contributed by atoms with E-state index in [-0.39, 0.29) is 11.9 Å². The van der Waals surface area contributed by atoms with Crippen LogP contribution in [0, 0.1) is 11.3 Å². The zero-order valence-corrected chi connectivity index (χ0v) is 12.5. The summed E-state index contributed by atoms with van der Waals surface area (Å²) < 4.78 is 5.08. The van der Waals surface area contributed by atoms with Crippen LogP contribution in [0.2, 0.25) is 0 Å². The Bertz CT molecular complexity index is 586. The molecule has 1 aromatic carbocycles. The molecule has 22 heavy (non-hydrogen) atoms. The Balaban J connectivity index is 1.67. The molecule has 3 rings (SSSR count). The molecule has 0 aromatic heterocycles. The Kier molecular flexibility index (Phi) is 3.68. The largest absolute Gasteiger partial charge is 0.497 e. The van der Waals surface area contributed by atoms with Gasteiger partial charge in [0.05, 0.1) is 12.5 Å². The van der Waals surface area contributed by atoms with E-state index in [4.69, 9.17) is 4.74 Å². The highest BCUT2D eigenvalue weighted by molar-refractivity contribution is 5.90. The number of carbonyl (C=O) groups excluding carboxylic acids is 1. The van der Waals surface area contributed by atoms with Crippen molar-refractivity contribution in [1.29, 1.82) is 0 Å². The average molecular weight is 304 g/mol. The fraction of sp³-hybridized carbons (Fsp3) is 0.500. The van der Waals surface area contributed by atoms with Gasteiger partial charge in [-0.25, -0.2) is 4.79 Å².